The van der Waals surface area contributed by atoms with Crippen molar-refractivity contribution in [2.24, 2.45) is 0 Å². The molecule has 0 aromatic carbocycles. The maximum absolute atomic E-state index is 11.8. The average Bonchev–Trinajstić information content (AvgIpc) is 2.21. The van der Waals surface area contributed by atoms with Crippen LogP contribution in [0.2, 0.25) is 25.7 Å². The van der Waals surface area contributed by atoms with E-state index in [2.05, 4.69) is 19.6 Å². The average molecular weight is 252 g/mol. The molecule has 0 spiro atoms. The van der Waals surface area contributed by atoms with Gasteiger partial charge in [-0.25, -0.2) is 4.79 Å². The molecule has 0 aromatic heterocycles. The van der Waals surface area contributed by atoms with Crippen molar-refractivity contribution in [1.82, 2.24) is 0 Å². The highest BCUT2D eigenvalue weighted by Gasteiger charge is 2.20. The second-order valence-electron chi connectivity index (χ2n) is 5.06. The lowest BCUT2D eigenvalue weighted by Gasteiger charge is -2.17. The van der Waals surface area contributed by atoms with Gasteiger partial charge < -0.3 is 4.74 Å². The van der Waals surface area contributed by atoms with Crippen molar-refractivity contribution in [3.63, 3.8) is 0 Å². The van der Waals surface area contributed by atoms with Gasteiger partial charge in [-0.1, -0.05) is 50.0 Å². The van der Waals surface area contributed by atoms with Crippen LogP contribution >= 0.6 is 0 Å². The van der Waals surface area contributed by atoms with E-state index in [1.165, 1.54) is 0 Å². The van der Waals surface area contributed by atoms with E-state index >= 15 is 0 Å². The minimum Gasteiger partial charge on any atom is -0.463 e. The second kappa shape index (κ2) is 8.07. The van der Waals surface area contributed by atoms with E-state index in [0.29, 0.717) is 6.61 Å². The summed E-state index contributed by atoms with van der Waals surface area (Å²) in [6.07, 6.45) is 9.58. The van der Waals surface area contributed by atoms with Gasteiger partial charge in [0, 0.05) is 13.6 Å². The topological polar surface area (TPSA) is 26.3 Å². The summed E-state index contributed by atoms with van der Waals surface area (Å²) in [6.45, 7) is 11.0. The lowest BCUT2D eigenvalue weighted by molar-refractivity contribution is -0.138. The van der Waals surface area contributed by atoms with Crippen LogP contribution in [0.4, 0.5) is 0 Å². The van der Waals surface area contributed by atoms with Crippen molar-refractivity contribution in [3.05, 3.63) is 36.0 Å². The predicted octanol–water partition coefficient (Wildman–Crippen LogP) is 3.95. The van der Waals surface area contributed by atoms with Gasteiger partial charge in [-0.2, -0.15) is 0 Å². The van der Waals surface area contributed by atoms with Gasteiger partial charge in [0.05, 0.1) is 6.61 Å². The summed E-state index contributed by atoms with van der Waals surface area (Å²) >= 11 is 0. The van der Waals surface area contributed by atoms with Crippen molar-refractivity contribution in [3.8, 4) is 0 Å². The molecule has 0 rings (SSSR count). The molecule has 0 radical (unpaired) electrons. The Morgan fingerprint density at radius 1 is 1.18 bits per heavy atom. The lowest BCUT2D eigenvalue weighted by Crippen LogP contribution is -2.23. The molecule has 0 fully saturated rings. The molecular weight excluding hydrogens is 228 g/mol. The summed E-state index contributed by atoms with van der Waals surface area (Å²) < 4.78 is 5.07. The largest absolute Gasteiger partial charge is 0.463 e. The van der Waals surface area contributed by atoms with Gasteiger partial charge in [0.2, 0.25) is 0 Å². The van der Waals surface area contributed by atoms with Crippen LogP contribution in [0.1, 0.15) is 13.8 Å². The van der Waals surface area contributed by atoms with Crippen molar-refractivity contribution in [1.29, 1.82) is 0 Å². The third kappa shape index (κ3) is 8.69. The standard InChI is InChI=1S/C14H24O2Si/c1-6-8-9-10-11-13(12-17(3,4)5)14(15)16-7-2/h6,8-11H,7,12H2,1-5H3/b8-6+,10-9+,13-11+. The first-order valence-corrected chi connectivity index (χ1v) is 9.77. The van der Waals surface area contributed by atoms with E-state index in [1.54, 1.807) is 0 Å². The molecular formula is C14H24O2Si. The van der Waals surface area contributed by atoms with E-state index in [1.807, 2.05) is 44.2 Å². The Bertz CT molecular complexity index is 320. The van der Waals surface area contributed by atoms with Crippen molar-refractivity contribution < 1.29 is 9.53 Å². The zero-order valence-corrected chi connectivity index (χ0v) is 12.6. The first kappa shape index (κ1) is 15.9. The van der Waals surface area contributed by atoms with E-state index in [4.69, 9.17) is 4.74 Å². The minimum atomic E-state index is -1.30. The molecule has 3 heteroatoms. The molecule has 0 bridgehead atoms. The van der Waals surface area contributed by atoms with Gasteiger partial charge in [-0.15, -0.1) is 0 Å². The summed E-state index contributed by atoms with van der Waals surface area (Å²) in [5.41, 5.74) is 0.784. The zero-order chi connectivity index (χ0) is 13.3. The Kier molecular flexibility index (Phi) is 7.55. The summed E-state index contributed by atoms with van der Waals surface area (Å²) in [5, 5.41) is 0. The number of esters is 1. The normalized spacial score (nSPS) is 13.6. The fourth-order valence-electron chi connectivity index (χ4n) is 1.34. The maximum Gasteiger partial charge on any atom is 0.333 e. The van der Waals surface area contributed by atoms with Crippen LogP contribution < -0.4 is 0 Å². The molecule has 0 N–H and O–H groups in total. The number of carbonyl (C=O) groups excluding carboxylic acids is 1. The quantitative estimate of drug-likeness (QED) is 0.310. The third-order valence-electron chi connectivity index (χ3n) is 1.97. The van der Waals surface area contributed by atoms with Crippen molar-refractivity contribution in [2.75, 3.05) is 6.61 Å². The van der Waals surface area contributed by atoms with Crippen LogP contribution in [0.3, 0.4) is 0 Å². The highest BCUT2D eigenvalue weighted by molar-refractivity contribution is 6.77. The van der Waals surface area contributed by atoms with Gasteiger partial charge in [-0.05, 0) is 19.9 Å². The number of carbonyl (C=O) groups is 1. The smallest absolute Gasteiger partial charge is 0.333 e. The number of hydrogen-bond donors (Lipinski definition) is 0. The summed E-state index contributed by atoms with van der Waals surface area (Å²) in [6, 6.07) is 0.853. The lowest BCUT2D eigenvalue weighted by atomic mass is 10.2. The summed E-state index contributed by atoms with van der Waals surface area (Å²) in [4.78, 5) is 11.8. The Labute approximate surface area is 106 Å². The second-order valence-corrected chi connectivity index (χ2v) is 10.5. The van der Waals surface area contributed by atoms with E-state index in [0.717, 1.165) is 11.6 Å². The molecule has 2 nitrogen and oxygen atoms in total. The molecule has 0 unspecified atom stereocenters. The van der Waals surface area contributed by atoms with Crippen LogP contribution in [0.15, 0.2) is 36.0 Å². The van der Waals surface area contributed by atoms with Crippen molar-refractivity contribution in [2.45, 2.75) is 39.5 Å². The number of rotatable bonds is 6. The fraction of sp³-hybridized carbons (Fsp3) is 0.500. The molecule has 0 aliphatic rings. The predicted molar refractivity (Wildman–Crippen MR) is 76.8 cm³/mol. The van der Waals surface area contributed by atoms with Gasteiger partial charge >= 0.3 is 5.97 Å². The van der Waals surface area contributed by atoms with Crippen LogP contribution in [0, 0.1) is 0 Å². The Morgan fingerprint density at radius 2 is 1.82 bits per heavy atom. The van der Waals surface area contributed by atoms with Gasteiger partial charge in [-0.3, -0.25) is 0 Å². The maximum atomic E-state index is 11.8. The third-order valence-corrected chi connectivity index (χ3v) is 3.41. The molecule has 0 saturated carbocycles. The van der Waals surface area contributed by atoms with Gasteiger partial charge in [0.15, 0.2) is 0 Å². The molecule has 17 heavy (non-hydrogen) atoms. The zero-order valence-electron chi connectivity index (χ0n) is 11.6. The number of ether oxygens (including phenoxy) is 1. The Morgan fingerprint density at radius 3 is 2.29 bits per heavy atom. The van der Waals surface area contributed by atoms with Crippen LogP contribution in [-0.2, 0) is 9.53 Å². The van der Waals surface area contributed by atoms with Gasteiger partial charge in [0.25, 0.3) is 0 Å². The Balaban J connectivity index is 4.78. The van der Waals surface area contributed by atoms with Crippen LogP contribution in [0.5, 0.6) is 0 Å². The highest BCUT2D eigenvalue weighted by Crippen LogP contribution is 2.17. The van der Waals surface area contributed by atoms with E-state index < -0.39 is 8.07 Å². The van der Waals surface area contributed by atoms with Crippen LogP contribution in [0.25, 0.3) is 0 Å². The first-order chi connectivity index (χ1) is 7.90. The molecule has 0 atom stereocenters. The molecule has 0 saturated heterocycles. The van der Waals surface area contributed by atoms with Gasteiger partial charge in [0.1, 0.15) is 0 Å². The fourth-order valence-corrected chi connectivity index (χ4v) is 2.75. The first-order valence-electron chi connectivity index (χ1n) is 6.06. The summed E-state index contributed by atoms with van der Waals surface area (Å²) in [7, 11) is -1.30. The molecule has 0 amide bonds. The molecule has 0 heterocycles. The van der Waals surface area contributed by atoms with Crippen molar-refractivity contribution >= 4 is 14.0 Å². The van der Waals surface area contributed by atoms with E-state index in [9.17, 15) is 4.79 Å². The highest BCUT2D eigenvalue weighted by atomic mass is 28.3. The van der Waals surface area contributed by atoms with Crippen LogP contribution in [-0.4, -0.2) is 20.7 Å². The monoisotopic (exact) mass is 252 g/mol. The minimum absolute atomic E-state index is 0.181. The molecule has 0 aliphatic heterocycles. The SMILES string of the molecule is C/C=C/C=C/C=C(\C[Si](C)(C)C)C(=O)OCC. The molecule has 0 aromatic rings. The molecule has 96 valence electrons. The number of allylic oxidation sites excluding steroid dienone is 5. The number of hydrogen-bond acceptors (Lipinski definition) is 2. The Hall–Kier alpha value is -1.09. The summed E-state index contributed by atoms with van der Waals surface area (Å²) in [5.74, 6) is -0.181. The van der Waals surface area contributed by atoms with E-state index in [-0.39, 0.29) is 5.97 Å². The molecule has 0 aliphatic carbocycles.